The molecular weight excluding hydrogens is 280 g/mol. The Kier molecular flexibility index (Phi) is 2.95. The summed E-state index contributed by atoms with van der Waals surface area (Å²) in [5.41, 5.74) is 0.878. The number of rotatable bonds is 0. The van der Waals surface area contributed by atoms with Crippen LogP contribution in [0.2, 0.25) is 5.15 Å². The third-order valence-corrected chi connectivity index (χ3v) is 3.77. The maximum absolute atomic E-state index is 12.4. The van der Waals surface area contributed by atoms with Crippen LogP contribution in [-0.4, -0.2) is 34.8 Å². The third-order valence-electron chi connectivity index (χ3n) is 3.56. The van der Waals surface area contributed by atoms with Crippen LogP contribution in [0.25, 0.3) is 0 Å². The molecule has 1 amide bonds. The molecule has 5 nitrogen and oxygen atoms in total. The molecule has 20 heavy (non-hydrogen) atoms. The van der Waals surface area contributed by atoms with E-state index in [-0.39, 0.29) is 6.09 Å². The van der Waals surface area contributed by atoms with Crippen LogP contribution in [0.3, 0.4) is 0 Å². The predicted molar refractivity (Wildman–Crippen MR) is 73.5 cm³/mol. The Morgan fingerprint density at radius 1 is 1.45 bits per heavy atom. The largest absolute Gasteiger partial charge is 0.444 e. The van der Waals surface area contributed by atoms with Crippen molar-refractivity contribution in [1.82, 2.24) is 9.88 Å². The lowest BCUT2D eigenvalue weighted by molar-refractivity contribution is -0.135. The zero-order valence-corrected chi connectivity index (χ0v) is 12.5. The van der Waals surface area contributed by atoms with E-state index in [2.05, 4.69) is 4.98 Å². The summed E-state index contributed by atoms with van der Waals surface area (Å²) in [7, 11) is 0. The minimum atomic E-state index is -0.525. The maximum atomic E-state index is 12.4. The van der Waals surface area contributed by atoms with Gasteiger partial charge in [-0.25, -0.2) is 9.78 Å². The quantitative estimate of drug-likeness (QED) is 0.691. The lowest BCUT2D eigenvalue weighted by Gasteiger charge is -2.45. The van der Waals surface area contributed by atoms with Gasteiger partial charge < -0.3 is 9.47 Å². The summed E-state index contributed by atoms with van der Waals surface area (Å²) in [6.07, 6.45) is -0.338. The van der Waals surface area contributed by atoms with Gasteiger partial charge in [0.1, 0.15) is 16.3 Å². The Morgan fingerprint density at radius 3 is 2.70 bits per heavy atom. The van der Waals surface area contributed by atoms with Gasteiger partial charge in [0.15, 0.2) is 0 Å². The first-order chi connectivity index (χ1) is 9.32. The summed E-state index contributed by atoms with van der Waals surface area (Å²) in [4.78, 5) is 18.4. The number of pyridine rings is 1. The lowest BCUT2D eigenvalue weighted by atomic mass is 9.89. The molecule has 0 saturated carbocycles. The molecule has 1 spiro atoms. The van der Waals surface area contributed by atoms with Crippen LogP contribution in [0.1, 0.15) is 32.0 Å². The molecule has 0 aromatic carbocycles. The highest BCUT2D eigenvalue weighted by molar-refractivity contribution is 6.29. The Bertz CT molecular complexity index is 564. The van der Waals surface area contributed by atoms with E-state index in [0.717, 1.165) is 11.3 Å². The topological polar surface area (TPSA) is 51.7 Å². The molecule has 0 radical (unpaired) electrons. The van der Waals surface area contributed by atoms with Gasteiger partial charge in [-0.1, -0.05) is 17.7 Å². The first-order valence-corrected chi connectivity index (χ1v) is 6.94. The number of hydrogen-bond donors (Lipinski definition) is 0. The van der Waals surface area contributed by atoms with Gasteiger partial charge in [0, 0.05) is 5.56 Å². The minimum Gasteiger partial charge on any atom is -0.444 e. The van der Waals surface area contributed by atoms with Crippen molar-refractivity contribution in [2.45, 2.75) is 38.5 Å². The van der Waals surface area contributed by atoms with Crippen molar-refractivity contribution < 1.29 is 14.3 Å². The smallest absolute Gasteiger partial charge is 0.411 e. The molecular formula is C14H17ClN2O3. The monoisotopic (exact) mass is 296 g/mol. The van der Waals surface area contributed by atoms with Crippen LogP contribution < -0.4 is 0 Å². The number of amides is 1. The second kappa shape index (κ2) is 4.33. The van der Waals surface area contributed by atoms with Crippen LogP contribution in [0, 0.1) is 0 Å². The number of halogens is 1. The molecule has 108 valence electrons. The average Bonchev–Trinajstić information content (AvgIpc) is 2.60. The fourth-order valence-electron chi connectivity index (χ4n) is 2.63. The number of nitrogens with zero attached hydrogens (tertiary/aromatic N) is 2. The van der Waals surface area contributed by atoms with Gasteiger partial charge in [0.2, 0.25) is 0 Å². The van der Waals surface area contributed by atoms with E-state index >= 15 is 0 Å². The van der Waals surface area contributed by atoms with E-state index in [9.17, 15) is 4.79 Å². The van der Waals surface area contributed by atoms with E-state index in [1.807, 2.05) is 26.8 Å². The molecule has 0 bridgehead atoms. The van der Waals surface area contributed by atoms with E-state index < -0.39 is 11.1 Å². The van der Waals surface area contributed by atoms with Crippen LogP contribution in [0.15, 0.2) is 12.1 Å². The van der Waals surface area contributed by atoms with E-state index in [1.54, 1.807) is 11.0 Å². The van der Waals surface area contributed by atoms with E-state index in [1.165, 1.54) is 0 Å². The summed E-state index contributed by atoms with van der Waals surface area (Å²) >= 11 is 5.93. The van der Waals surface area contributed by atoms with Gasteiger partial charge >= 0.3 is 6.09 Å². The van der Waals surface area contributed by atoms with Crippen LogP contribution in [0.5, 0.6) is 0 Å². The van der Waals surface area contributed by atoms with E-state index in [4.69, 9.17) is 21.1 Å². The first-order valence-electron chi connectivity index (χ1n) is 6.56. The van der Waals surface area contributed by atoms with E-state index in [0.29, 0.717) is 24.9 Å². The molecule has 2 aliphatic heterocycles. The highest BCUT2D eigenvalue weighted by atomic mass is 35.5. The molecule has 1 aromatic heterocycles. The molecule has 3 rings (SSSR count). The zero-order valence-electron chi connectivity index (χ0n) is 11.8. The number of aromatic nitrogens is 1. The van der Waals surface area contributed by atoms with Crippen LogP contribution in [-0.2, 0) is 21.6 Å². The highest BCUT2D eigenvalue weighted by Crippen LogP contribution is 2.44. The predicted octanol–water partition coefficient (Wildman–Crippen LogP) is 2.71. The van der Waals surface area contributed by atoms with Crippen molar-refractivity contribution in [2.75, 3.05) is 13.2 Å². The van der Waals surface area contributed by atoms with Gasteiger partial charge in [0.05, 0.1) is 25.5 Å². The minimum absolute atomic E-state index is 0.338. The Balaban J connectivity index is 1.93. The molecule has 1 aromatic rings. The molecule has 6 heteroatoms. The Morgan fingerprint density at radius 2 is 2.15 bits per heavy atom. The summed E-state index contributed by atoms with van der Waals surface area (Å²) in [5.74, 6) is 0. The number of carbonyl (C=O) groups is 1. The number of ether oxygens (including phenoxy) is 2. The molecule has 2 aliphatic rings. The summed E-state index contributed by atoms with van der Waals surface area (Å²) in [6.45, 7) is 6.92. The van der Waals surface area contributed by atoms with Gasteiger partial charge in [-0.05, 0) is 26.8 Å². The SMILES string of the molecule is CC(C)(C)OC(=O)N1Cc2nc(Cl)ccc2C12COC2. The molecule has 1 saturated heterocycles. The Hall–Kier alpha value is -1.33. The fourth-order valence-corrected chi connectivity index (χ4v) is 2.79. The molecule has 0 aliphatic carbocycles. The van der Waals surface area contributed by atoms with Crippen LogP contribution in [0.4, 0.5) is 4.79 Å². The summed E-state index contributed by atoms with van der Waals surface area (Å²) in [6, 6.07) is 3.68. The van der Waals surface area contributed by atoms with Crippen LogP contribution >= 0.6 is 11.6 Å². The maximum Gasteiger partial charge on any atom is 0.411 e. The van der Waals surface area contributed by atoms with Gasteiger partial charge in [0.25, 0.3) is 0 Å². The summed E-state index contributed by atoms with van der Waals surface area (Å²) in [5, 5.41) is 0.435. The highest BCUT2D eigenvalue weighted by Gasteiger charge is 2.54. The fraction of sp³-hybridized carbons (Fsp3) is 0.571. The third kappa shape index (κ3) is 2.05. The average molecular weight is 297 g/mol. The number of hydrogen-bond acceptors (Lipinski definition) is 4. The zero-order chi connectivity index (χ0) is 14.5. The van der Waals surface area contributed by atoms with Crippen molar-refractivity contribution in [1.29, 1.82) is 0 Å². The Labute approximate surface area is 122 Å². The van der Waals surface area contributed by atoms with Gasteiger partial charge in [-0.15, -0.1) is 0 Å². The molecule has 0 atom stereocenters. The summed E-state index contributed by atoms with van der Waals surface area (Å²) < 4.78 is 10.8. The van der Waals surface area contributed by atoms with Crippen molar-refractivity contribution in [3.8, 4) is 0 Å². The van der Waals surface area contributed by atoms with Gasteiger partial charge in [-0.3, -0.25) is 4.90 Å². The number of fused-ring (bicyclic) bond motifs is 2. The molecule has 3 heterocycles. The van der Waals surface area contributed by atoms with Crippen molar-refractivity contribution in [3.05, 3.63) is 28.5 Å². The van der Waals surface area contributed by atoms with Crippen molar-refractivity contribution in [2.24, 2.45) is 0 Å². The molecule has 0 N–H and O–H groups in total. The standard InChI is InChI=1S/C14H17ClN2O3/c1-13(2,3)20-12(18)17-6-10-9(4-5-11(15)16-10)14(17)7-19-8-14/h4-5H,6-8H2,1-3H3. The van der Waals surface area contributed by atoms with Crippen molar-refractivity contribution >= 4 is 17.7 Å². The van der Waals surface area contributed by atoms with Gasteiger partial charge in [-0.2, -0.15) is 0 Å². The molecule has 1 fully saturated rings. The lowest BCUT2D eigenvalue weighted by Crippen LogP contribution is -2.58. The first kappa shape index (κ1) is 13.6. The normalized spacial score (nSPS) is 19.7. The number of carbonyl (C=O) groups excluding carboxylic acids is 1. The second-order valence-corrected chi connectivity index (χ2v) is 6.61. The molecule has 0 unspecified atom stereocenters. The van der Waals surface area contributed by atoms with Crippen molar-refractivity contribution in [3.63, 3.8) is 0 Å². The second-order valence-electron chi connectivity index (χ2n) is 6.22.